The molecule has 4 atom stereocenters. The van der Waals surface area contributed by atoms with Crippen LogP contribution in [-0.4, -0.2) is 52.1 Å². The molecule has 2 saturated heterocycles. The van der Waals surface area contributed by atoms with E-state index in [4.69, 9.17) is 4.74 Å². The molecular formula is C20H29F3N4O2. The molecule has 0 saturated carbocycles. The highest BCUT2D eigenvalue weighted by atomic mass is 19.4. The number of likely N-dealkylation sites (tertiary alicyclic amines) is 1. The van der Waals surface area contributed by atoms with Crippen molar-refractivity contribution in [2.75, 3.05) is 18.5 Å². The molecule has 1 amide bonds. The summed E-state index contributed by atoms with van der Waals surface area (Å²) in [4.78, 5) is 14.7. The number of aromatic nitrogens is 2. The molecule has 3 aliphatic rings. The van der Waals surface area contributed by atoms with Gasteiger partial charge in [0, 0.05) is 25.3 Å². The number of rotatable bonds is 3. The minimum atomic E-state index is -4.37. The number of anilines is 1. The maximum atomic E-state index is 13.7. The van der Waals surface area contributed by atoms with E-state index in [9.17, 15) is 18.0 Å². The van der Waals surface area contributed by atoms with Crippen LogP contribution in [0, 0.1) is 5.92 Å². The summed E-state index contributed by atoms with van der Waals surface area (Å²) in [5.41, 5.74) is 0.539. The molecule has 9 heteroatoms. The van der Waals surface area contributed by atoms with E-state index in [2.05, 4.69) is 10.4 Å². The van der Waals surface area contributed by atoms with Crippen LogP contribution in [0.4, 0.5) is 19.0 Å². The summed E-state index contributed by atoms with van der Waals surface area (Å²) in [6.07, 6.45) is -0.755. The Morgan fingerprint density at radius 3 is 2.72 bits per heavy atom. The second kappa shape index (κ2) is 7.81. The lowest BCUT2D eigenvalue weighted by molar-refractivity contribution is -0.174. The first kappa shape index (κ1) is 20.5. The third-order valence-electron chi connectivity index (χ3n) is 6.38. The monoisotopic (exact) mass is 414 g/mol. The Morgan fingerprint density at radius 2 is 2.07 bits per heavy atom. The van der Waals surface area contributed by atoms with Crippen LogP contribution in [0.1, 0.15) is 70.2 Å². The molecule has 1 aromatic rings. The van der Waals surface area contributed by atoms with Gasteiger partial charge in [0.05, 0.1) is 11.7 Å². The largest absolute Gasteiger partial charge is 0.410 e. The first-order valence-corrected chi connectivity index (χ1v) is 10.6. The van der Waals surface area contributed by atoms with Crippen molar-refractivity contribution in [3.05, 3.63) is 11.8 Å². The summed E-state index contributed by atoms with van der Waals surface area (Å²) in [6, 6.07) is -0.508. The van der Waals surface area contributed by atoms with Crippen molar-refractivity contribution in [1.82, 2.24) is 14.7 Å². The Kier molecular flexibility index (Phi) is 5.52. The van der Waals surface area contributed by atoms with Crippen molar-refractivity contribution in [2.24, 2.45) is 5.92 Å². The molecule has 0 aromatic carbocycles. The molecule has 29 heavy (non-hydrogen) atoms. The van der Waals surface area contributed by atoms with E-state index in [1.807, 2.05) is 13.8 Å². The van der Waals surface area contributed by atoms with E-state index >= 15 is 0 Å². The highest BCUT2D eigenvalue weighted by molar-refractivity contribution is 5.81. The number of ether oxygens (including phenoxy) is 1. The van der Waals surface area contributed by atoms with Crippen molar-refractivity contribution in [2.45, 2.75) is 82.8 Å². The Bertz CT molecular complexity index is 743. The predicted octanol–water partition coefficient (Wildman–Crippen LogP) is 4.06. The summed E-state index contributed by atoms with van der Waals surface area (Å²) in [6.45, 7) is 5.01. The fourth-order valence-electron chi connectivity index (χ4n) is 4.68. The van der Waals surface area contributed by atoms with Crippen LogP contribution in [0.3, 0.4) is 0 Å². The van der Waals surface area contributed by atoms with Crippen molar-refractivity contribution in [1.29, 1.82) is 0 Å². The predicted molar refractivity (Wildman–Crippen MR) is 101 cm³/mol. The Morgan fingerprint density at radius 1 is 1.28 bits per heavy atom. The van der Waals surface area contributed by atoms with Gasteiger partial charge in [-0.15, -0.1) is 0 Å². The maximum Gasteiger partial charge on any atom is 0.410 e. The number of alkyl halides is 3. The average Bonchev–Trinajstić information content (AvgIpc) is 3.35. The van der Waals surface area contributed by atoms with Crippen molar-refractivity contribution in [3.63, 3.8) is 0 Å². The molecular weight excluding hydrogens is 385 g/mol. The van der Waals surface area contributed by atoms with E-state index in [1.165, 1.54) is 0 Å². The first-order valence-electron chi connectivity index (χ1n) is 10.6. The standard InChI is InChI=1S/C20H29F3N4O2/c1-12(2)13-10-17(20(21,22)23)27-18(24-13)11-14(25-27)15-6-3-4-8-26(15)19(28)16-7-5-9-29-16/h11-13,15-17,24H,3-10H2,1-2H3/t13-,15-,16-,17+/m0/s1. The van der Waals surface area contributed by atoms with Crippen LogP contribution < -0.4 is 5.32 Å². The molecule has 4 rings (SSSR count). The summed E-state index contributed by atoms with van der Waals surface area (Å²) in [5.74, 6) is 0.403. The number of carbonyl (C=O) groups excluding carboxylic acids is 1. The number of amides is 1. The molecule has 162 valence electrons. The number of nitrogens with one attached hydrogen (secondary N) is 1. The van der Waals surface area contributed by atoms with Crippen LogP contribution in [0.15, 0.2) is 6.07 Å². The lowest BCUT2D eigenvalue weighted by Gasteiger charge is -2.36. The first-order chi connectivity index (χ1) is 13.8. The summed E-state index contributed by atoms with van der Waals surface area (Å²) in [7, 11) is 0. The van der Waals surface area contributed by atoms with Crippen molar-refractivity contribution < 1.29 is 22.7 Å². The second-order valence-corrected chi connectivity index (χ2v) is 8.73. The van der Waals surface area contributed by atoms with Crippen molar-refractivity contribution in [3.8, 4) is 0 Å². The van der Waals surface area contributed by atoms with Crippen LogP contribution in [-0.2, 0) is 9.53 Å². The van der Waals surface area contributed by atoms with Gasteiger partial charge >= 0.3 is 6.18 Å². The summed E-state index contributed by atoms with van der Waals surface area (Å²) in [5, 5.41) is 7.60. The Balaban J connectivity index is 1.64. The highest BCUT2D eigenvalue weighted by Gasteiger charge is 2.47. The van der Waals surface area contributed by atoms with E-state index < -0.39 is 18.3 Å². The number of piperidine rings is 1. The van der Waals surface area contributed by atoms with Gasteiger partial charge in [-0.3, -0.25) is 4.79 Å². The molecule has 3 aliphatic heterocycles. The molecule has 0 unspecified atom stereocenters. The van der Waals surface area contributed by atoms with E-state index in [-0.39, 0.29) is 30.3 Å². The van der Waals surface area contributed by atoms with Gasteiger partial charge in [0.1, 0.15) is 11.9 Å². The number of halogens is 3. The van der Waals surface area contributed by atoms with Crippen LogP contribution in [0.25, 0.3) is 0 Å². The third kappa shape index (κ3) is 3.98. The molecule has 1 N–H and O–H groups in total. The number of carbonyl (C=O) groups is 1. The molecule has 0 bridgehead atoms. The zero-order chi connectivity index (χ0) is 20.8. The van der Waals surface area contributed by atoms with Gasteiger partial charge in [0.15, 0.2) is 6.04 Å². The number of fused-ring (bicyclic) bond motifs is 1. The SMILES string of the molecule is CC(C)[C@@H]1C[C@H](C(F)(F)F)n2nc([C@@H]3CCCCN3C(=O)[C@@H]3CCCO3)cc2N1. The Labute approximate surface area is 168 Å². The lowest BCUT2D eigenvalue weighted by Crippen LogP contribution is -2.44. The van der Waals surface area contributed by atoms with Gasteiger partial charge in [0.25, 0.3) is 5.91 Å². The third-order valence-corrected chi connectivity index (χ3v) is 6.38. The van der Waals surface area contributed by atoms with Gasteiger partial charge < -0.3 is 15.0 Å². The minimum Gasteiger partial charge on any atom is -0.368 e. The van der Waals surface area contributed by atoms with Crippen LogP contribution in [0.2, 0.25) is 0 Å². The lowest BCUT2D eigenvalue weighted by atomic mass is 9.94. The summed E-state index contributed by atoms with van der Waals surface area (Å²) < 4.78 is 47.9. The topological polar surface area (TPSA) is 59.4 Å². The van der Waals surface area contributed by atoms with Gasteiger partial charge in [-0.05, 0) is 44.4 Å². The van der Waals surface area contributed by atoms with Crippen molar-refractivity contribution >= 4 is 11.7 Å². The molecule has 6 nitrogen and oxygen atoms in total. The number of hydrogen-bond donors (Lipinski definition) is 1. The quantitative estimate of drug-likeness (QED) is 0.810. The van der Waals surface area contributed by atoms with Gasteiger partial charge in [-0.2, -0.15) is 18.3 Å². The van der Waals surface area contributed by atoms with Crippen LogP contribution >= 0.6 is 0 Å². The van der Waals surface area contributed by atoms with E-state index in [0.717, 1.165) is 23.9 Å². The maximum absolute atomic E-state index is 13.7. The fourth-order valence-corrected chi connectivity index (χ4v) is 4.68. The zero-order valence-corrected chi connectivity index (χ0v) is 16.9. The number of nitrogens with zero attached hydrogens (tertiary/aromatic N) is 3. The normalized spacial score (nSPS) is 30.3. The Hall–Kier alpha value is -1.77. The molecule has 0 spiro atoms. The highest BCUT2D eigenvalue weighted by Crippen LogP contribution is 2.42. The molecule has 0 radical (unpaired) electrons. The molecule has 2 fully saturated rings. The average molecular weight is 414 g/mol. The van der Waals surface area contributed by atoms with Gasteiger partial charge in [0.2, 0.25) is 0 Å². The molecule has 1 aromatic heterocycles. The molecule has 0 aliphatic carbocycles. The van der Waals surface area contributed by atoms with Crippen LogP contribution in [0.5, 0.6) is 0 Å². The second-order valence-electron chi connectivity index (χ2n) is 8.73. The minimum absolute atomic E-state index is 0.0431. The smallest absolute Gasteiger partial charge is 0.368 e. The van der Waals surface area contributed by atoms with E-state index in [1.54, 1.807) is 11.0 Å². The van der Waals surface area contributed by atoms with Gasteiger partial charge in [-0.25, -0.2) is 4.68 Å². The number of hydrogen-bond acceptors (Lipinski definition) is 4. The fraction of sp³-hybridized carbons (Fsp3) is 0.800. The molecule has 4 heterocycles. The zero-order valence-electron chi connectivity index (χ0n) is 16.9. The van der Waals surface area contributed by atoms with Gasteiger partial charge in [-0.1, -0.05) is 13.8 Å². The van der Waals surface area contributed by atoms with E-state index in [0.29, 0.717) is 37.5 Å². The summed E-state index contributed by atoms with van der Waals surface area (Å²) >= 11 is 0.